The first-order valence-electron chi connectivity index (χ1n) is 7.81. The van der Waals surface area contributed by atoms with Crippen molar-refractivity contribution < 1.29 is 19.4 Å². The van der Waals surface area contributed by atoms with E-state index in [9.17, 15) is 9.90 Å². The summed E-state index contributed by atoms with van der Waals surface area (Å²) < 4.78 is 10.5. The van der Waals surface area contributed by atoms with E-state index < -0.39 is 0 Å². The Labute approximate surface area is 151 Å². The van der Waals surface area contributed by atoms with Crippen molar-refractivity contribution >= 4 is 17.7 Å². The Morgan fingerprint density at radius 1 is 1.36 bits per heavy atom. The standard InChI is InChI=1S/C17H23N3O4S/c1-23-14-5-4-11(8-15(14)24-2)16-13(9-18-20-16)17(22)19-12(10-21)6-7-25-3/h4-5,8-9,12,21H,6-7,10H2,1-3H3,(H,18,20)(H,19,22). The van der Waals surface area contributed by atoms with Crippen molar-refractivity contribution in [2.24, 2.45) is 0 Å². The van der Waals surface area contributed by atoms with Gasteiger partial charge in [-0.25, -0.2) is 0 Å². The van der Waals surface area contributed by atoms with Crippen LogP contribution in [0.15, 0.2) is 24.4 Å². The number of aromatic nitrogens is 2. The second-order valence-corrected chi connectivity index (χ2v) is 6.35. The van der Waals surface area contributed by atoms with Gasteiger partial charge in [0.1, 0.15) is 0 Å². The fraction of sp³-hybridized carbons (Fsp3) is 0.412. The Morgan fingerprint density at radius 2 is 2.12 bits per heavy atom. The van der Waals surface area contributed by atoms with Crippen LogP contribution >= 0.6 is 11.8 Å². The molecule has 3 N–H and O–H groups in total. The van der Waals surface area contributed by atoms with E-state index in [2.05, 4.69) is 15.5 Å². The molecule has 0 bridgehead atoms. The molecule has 0 aliphatic heterocycles. The van der Waals surface area contributed by atoms with Crippen LogP contribution in [0.1, 0.15) is 16.8 Å². The molecule has 0 saturated carbocycles. The van der Waals surface area contributed by atoms with Crippen LogP contribution in [0.25, 0.3) is 11.3 Å². The Kier molecular flexibility index (Phi) is 7.15. The van der Waals surface area contributed by atoms with E-state index in [0.29, 0.717) is 29.2 Å². The molecular weight excluding hydrogens is 342 g/mol. The Morgan fingerprint density at radius 3 is 2.76 bits per heavy atom. The van der Waals surface area contributed by atoms with Gasteiger partial charge in [0.2, 0.25) is 0 Å². The second-order valence-electron chi connectivity index (χ2n) is 5.36. The van der Waals surface area contributed by atoms with Gasteiger partial charge in [-0.3, -0.25) is 9.89 Å². The fourth-order valence-corrected chi connectivity index (χ4v) is 2.92. The number of aliphatic hydroxyl groups excluding tert-OH is 1. The van der Waals surface area contributed by atoms with E-state index in [0.717, 1.165) is 11.3 Å². The van der Waals surface area contributed by atoms with Gasteiger partial charge in [0, 0.05) is 5.56 Å². The molecule has 0 spiro atoms. The van der Waals surface area contributed by atoms with Crippen molar-refractivity contribution in [3.05, 3.63) is 30.0 Å². The number of amides is 1. The summed E-state index contributed by atoms with van der Waals surface area (Å²) in [5.41, 5.74) is 1.75. The molecule has 0 aliphatic carbocycles. The summed E-state index contributed by atoms with van der Waals surface area (Å²) in [6, 6.07) is 5.09. The number of benzene rings is 1. The van der Waals surface area contributed by atoms with Crippen LogP contribution in [0, 0.1) is 0 Å². The van der Waals surface area contributed by atoms with Gasteiger partial charge in [-0.15, -0.1) is 0 Å². The number of thioether (sulfide) groups is 1. The van der Waals surface area contributed by atoms with Crippen molar-refractivity contribution in [2.75, 3.05) is 32.8 Å². The minimum atomic E-state index is -0.284. The molecule has 1 heterocycles. The van der Waals surface area contributed by atoms with Gasteiger partial charge in [0.05, 0.1) is 44.3 Å². The van der Waals surface area contributed by atoms with E-state index in [1.165, 1.54) is 6.20 Å². The highest BCUT2D eigenvalue weighted by atomic mass is 32.2. The predicted octanol–water partition coefficient (Wildman–Crippen LogP) is 1.94. The molecule has 0 radical (unpaired) electrons. The van der Waals surface area contributed by atoms with Gasteiger partial charge < -0.3 is 19.9 Å². The number of H-pyrrole nitrogens is 1. The summed E-state index contributed by atoms with van der Waals surface area (Å²) in [5.74, 6) is 1.75. The average molecular weight is 365 g/mol. The molecular formula is C17H23N3O4S. The molecule has 0 aliphatic rings. The molecule has 2 aromatic rings. The third kappa shape index (κ3) is 4.67. The number of aliphatic hydroxyl groups is 1. The van der Waals surface area contributed by atoms with Gasteiger partial charge in [-0.1, -0.05) is 0 Å². The van der Waals surface area contributed by atoms with Crippen molar-refractivity contribution in [3.63, 3.8) is 0 Å². The summed E-state index contributed by atoms with van der Waals surface area (Å²) in [6.45, 7) is -0.101. The summed E-state index contributed by atoms with van der Waals surface area (Å²) in [5, 5.41) is 19.1. The molecule has 1 atom stereocenters. The highest BCUT2D eigenvalue weighted by Gasteiger charge is 2.19. The molecule has 1 amide bonds. The van der Waals surface area contributed by atoms with Gasteiger partial charge in [-0.05, 0) is 36.6 Å². The largest absolute Gasteiger partial charge is 0.493 e. The van der Waals surface area contributed by atoms with Crippen LogP contribution in [0.5, 0.6) is 11.5 Å². The first kappa shape index (κ1) is 19.1. The first-order chi connectivity index (χ1) is 12.1. The number of carbonyl (C=O) groups is 1. The van der Waals surface area contributed by atoms with Gasteiger partial charge in [0.15, 0.2) is 11.5 Å². The molecule has 0 saturated heterocycles. The molecule has 1 unspecified atom stereocenters. The topological polar surface area (TPSA) is 96.5 Å². The van der Waals surface area contributed by atoms with Gasteiger partial charge in [-0.2, -0.15) is 16.9 Å². The number of rotatable bonds is 9. The maximum absolute atomic E-state index is 12.6. The number of nitrogens with one attached hydrogen (secondary N) is 2. The summed E-state index contributed by atoms with van der Waals surface area (Å²) in [7, 11) is 3.12. The van der Waals surface area contributed by atoms with Crippen molar-refractivity contribution in [2.45, 2.75) is 12.5 Å². The lowest BCUT2D eigenvalue weighted by Crippen LogP contribution is -2.38. The number of aromatic amines is 1. The minimum Gasteiger partial charge on any atom is -0.493 e. The summed E-state index contributed by atoms with van der Waals surface area (Å²) in [6.07, 6.45) is 4.17. The van der Waals surface area contributed by atoms with Crippen LogP contribution in [-0.4, -0.2) is 60.1 Å². The Hall–Kier alpha value is -2.19. The SMILES string of the molecule is COc1ccc(-c2[nH]ncc2C(=O)NC(CO)CCSC)cc1OC. The summed E-state index contributed by atoms with van der Waals surface area (Å²) in [4.78, 5) is 12.6. The van der Waals surface area contributed by atoms with Crippen LogP contribution in [0.4, 0.5) is 0 Å². The van der Waals surface area contributed by atoms with E-state index >= 15 is 0 Å². The molecule has 1 aromatic carbocycles. The maximum Gasteiger partial charge on any atom is 0.255 e. The number of ether oxygens (including phenoxy) is 2. The van der Waals surface area contributed by atoms with Crippen LogP contribution in [0.3, 0.4) is 0 Å². The number of hydrogen-bond donors (Lipinski definition) is 3. The number of carbonyl (C=O) groups excluding carboxylic acids is 1. The van der Waals surface area contributed by atoms with Crippen molar-refractivity contribution in [1.29, 1.82) is 0 Å². The zero-order valence-corrected chi connectivity index (χ0v) is 15.4. The molecule has 136 valence electrons. The summed E-state index contributed by atoms with van der Waals surface area (Å²) >= 11 is 1.67. The van der Waals surface area contributed by atoms with Gasteiger partial charge >= 0.3 is 0 Å². The van der Waals surface area contributed by atoms with E-state index in [1.807, 2.05) is 12.3 Å². The quantitative estimate of drug-likeness (QED) is 0.628. The minimum absolute atomic E-state index is 0.101. The van der Waals surface area contributed by atoms with Crippen molar-refractivity contribution in [3.8, 4) is 22.8 Å². The second kappa shape index (κ2) is 9.33. The van der Waals surface area contributed by atoms with Crippen LogP contribution in [-0.2, 0) is 0 Å². The maximum atomic E-state index is 12.6. The molecule has 1 aromatic heterocycles. The average Bonchev–Trinajstić information content (AvgIpc) is 3.14. The Balaban J connectivity index is 2.23. The molecule has 7 nitrogen and oxygen atoms in total. The number of nitrogens with zero attached hydrogens (tertiary/aromatic N) is 1. The van der Waals surface area contributed by atoms with Crippen LogP contribution < -0.4 is 14.8 Å². The number of hydrogen-bond acceptors (Lipinski definition) is 6. The zero-order valence-electron chi connectivity index (χ0n) is 14.5. The normalized spacial score (nSPS) is 11.8. The monoisotopic (exact) mass is 365 g/mol. The van der Waals surface area contributed by atoms with Crippen LogP contribution in [0.2, 0.25) is 0 Å². The number of methoxy groups -OCH3 is 2. The lowest BCUT2D eigenvalue weighted by atomic mass is 10.1. The zero-order chi connectivity index (χ0) is 18.2. The molecule has 8 heteroatoms. The fourth-order valence-electron chi connectivity index (χ4n) is 2.40. The first-order valence-corrected chi connectivity index (χ1v) is 9.20. The highest BCUT2D eigenvalue weighted by molar-refractivity contribution is 7.98. The van der Waals surface area contributed by atoms with E-state index in [4.69, 9.17) is 9.47 Å². The molecule has 0 fully saturated rings. The highest BCUT2D eigenvalue weighted by Crippen LogP contribution is 2.32. The lowest BCUT2D eigenvalue weighted by Gasteiger charge is -2.16. The Bertz CT molecular complexity index is 705. The third-order valence-corrected chi connectivity index (χ3v) is 4.43. The molecule has 2 rings (SSSR count). The van der Waals surface area contributed by atoms with E-state index in [1.54, 1.807) is 38.1 Å². The lowest BCUT2D eigenvalue weighted by molar-refractivity contribution is 0.0916. The van der Waals surface area contributed by atoms with E-state index in [-0.39, 0.29) is 18.6 Å². The predicted molar refractivity (Wildman–Crippen MR) is 98.5 cm³/mol. The van der Waals surface area contributed by atoms with Gasteiger partial charge in [0.25, 0.3) is 5.91 Å². The third-order valence-electron chi connectivity index (χ3n) is 3.78. The molecule has 25 heavy (non-hydrogen) atoms. The van der Waals surface area contributed by atoms with Crippen molar-refractivity contribution in [1.82, 2.24) is 15.5 Å². The smallest absolute Gasteiger partial charge is 0.255 e.